The van der Waals surface area contributed by atoms with Gasteiger partial charge in [0.05, 0.1) is 12.5 Å². The molecule has 8 nitrogen and oxygen atoms in total. The standard InChI is InChI=1S/C13H24N4O4/c1-3-15(4-2)13(21)17-7-5-16(6-8-17)12(20)10(14)9-11(18)19/h10H,3-9,14H2,1-2H3,(H,18,19). The Morgan fingerprint density at radius 1 is 1.10 bits per heavy atom. The molecule has 0 aromatic rings. The maximum Gasteiger partial charge on any atom is 0.320 e. The Morgan fingerprint density at radius 2 is 1.57 bits per heavy atom. The van der Waals surface area contributed by atoms with E-state index in [1.807, 2.05) is 13.8 Å². The van der Waals surface area contributed by atoms with E-state index < -0.39 is 12.0 Å². The minimum absolute atomic E-state index is 0.0260. The number of aliphatic carboxylic acids is 1. The van der Waals surface area contributed by atoms with E-state index in [1.54, 1.807) is 9.80 Å². The molecule has 1 saturated heterocycles. The van der Waals surface area contributed by atoms with Crippen LogP contribution < -0.4 is 5.73 Å². The van der Waals surface area contributed by atoms with Crippen molar-refractivity contribution in [1.29, 1.82) is 0 Å². The van der Waals surface area contributed by atoms with Crippen molar-refractivity contribution in [3.05, 3.63) is 0 Å². The number of amides is 3. The van der Waals surface area contributed by atoms with Crippen molar-refractivity contribution in [1.82, 2.24) is 14.7 Å². The second kappa shape index (κ2) is 7.82. The number of urea groups is 1. The number of rotatable bonds is 5. The van der Waals surface area contributed by atoms with Gasteiger partial charge in [-0.3, -0.25) is 9.59 Å². The fraction of sp³-hybridized carbons (Fsp3) is 0.769. The number of carbonyl (C=O) groups excluding carboxylic acids is 2. The third kappa shape index (κ3) is 4.59. The summed E-state index contributed by atoms with van der Waals surface area (Å²) in [5, 5.41) is 8.65. The van der Waals surface area contributed by atoms with Gasteiger partial charge in [0.1, 0.15) is 0 Å². The van der Waals surface area contributed by atoms with Gasteiger partial charge in [0.25, 0.3) is 0 Å². The SMILES string of the molecule is CCN(CC)C(=O)N1CCN(C(=O)C(N)CC(=O)O)CC1. The van der Waals surface area contributed by atoms with E-state index in [1.165, 1.54) is 4.90 Å². The average Bonchev–Trinajstić information content (AvgIpc) is 2.47. The van der Waals surface area contributed by atoms with Gasteiger partial charge in [-0.15, -0.1) is 0 Å². The highest BCUT2D eigenvalue weighted by Crippen LogP contribution is 2.08. The van der Waals surface area contributed by atoms with E-state index in [4.69, 9.17) is 10.8 Å². The largest absolute Gasteiger partial charge is 0.481 e. The monoisotopic (exact) mass is 300 g/mol. The molecule has 1 aliphatic heterocycles. The second-order valence-electron chi connectivity index (χ2n) is 4.97. The summed E-state index contributed by atoms with van der Waals surface area (Å²) in [7, 11) is 0. The Labute approximate surface area is 124 Å². The minimum atomic E-state index is -1.09. The summed E-state index contributed by atoms with van der Waals surface area (Å²) in [6.45, 7) is 6.81. The molecular weight excluding hydrogens is 276 g/mol. The summed E-state index contributed by atoms with van der Waals surface area (Å²) in [4.78, 5) is 39.7. The predicted molar refractivity (Wildman–Crippen MR) is 76.7 cm³/mol. The predicted octanol–water partition coefficient (Wildman–Crippen LogP) is -0.606. The van der Waals surface area contributed by atoms with Gasteiger partial charge >= 0.3 is 12.0 Å². The van der Waals surface area contributed by atoms with Crippen LogP contribution in [0.1, 0.15) is 20.3 Å². The van der Waals surface area contributed by atoms with Crippen LogP contribution in [0, 0.1) is 0 Å². The first-order chi connectivity index (χ1) is 9.90. The fourth-order valence-corrected chi connectivity index (χ4v) is 2.32. The van der Waals surface area contributed by atoms with Crippen molar-refractivity contribution >= 4 is 17.9 Å². The Balaban J connectivity index is 2.50. The highest BCUT2D eigenvalue weighted by molar-refractivity contribution is 5.86. The van der Waals surface area contributed by atoms with Crippen LogP contribution in [-0.4, -0.2) is 83.0 Å². The lowest BCUT2D eigenvalue weighted by Gasteiger charge is -2.37. The normalized spacial score (nSPS) is 16.5. The van der Waals surface area contributed by atoms with Gasteiger partial charge in [-0.1, -0.05) is 0 Å². The summed E-state index contributed by atoms with van der Waals surface area (Å²) in [5.41, 5.74) is 5.57. The maximum atomic E-state index is 12.2. The molecule has 8 heteroatoms. The molecule has 1 unspecified atom stereocenters. The number of carboxylic acid groups (broad SMARTS) is 1. The molecule has 3 N–H and O–H groups in total. The summed E-state index contributed by atoms with van der Waals surface area (Å²) < 4.78 is 0. The van der Waals surface area contributed by atoms with Crippen molar-refractivity contribution in [3.63, 3.8) is 0 Å². The molecule has 1 heterocycles. The summed E-state index contributed by atoms with van der Waals surface area (Å²) in [5.74, 6) is -1.46. The van der Waals surface area contributed by atoms with Crippen LogP contribution >= 0.6 is 0 Å². The first kappa shape index (κ1) is 17.2. The molecule has 0 aliphatic carbocycles. The minimum Gasteiger partial charge on any atom is -0.481 e. The molecule has 3 amide bonds. The third-order valence-electron chi connectivity index (χ3n) is 3.61. The molecule has 0 saturated carbocycles. The highest BCUT2D eigenvalue weighted by atomic mass is 16.4. The molecule has 1 fully saturated rings. The van der Waals surface area contributed by atoms with Gasteiger partial charge in [0.15, 0.2) is 0 Å². The highest BCUT2D eigenvalue weighted by Gasteiger charge is 2.29. The van der Waals surface area contributed by atoms with Crippen molar-refractivity contribution in [2.45, 2.75) is 26.3 Å². The first-order valence-corrected chi connectivity index (χ1v) is 7.20. The zero-order chi connectivity index (χ0) is 16.0. The van der Waals surface area contributed by atoms with Crippen LogP contribution in [0.5, 0.6) is 0 Å². The van der Waals surface area contributed by atoms with E-state index in [9.17, 15) is 14.4 Å². The maximum absolute atomic E-state index is 12.2. The van der Waals surface area contributed by atoms with Crippen molar-refractivity contribution in [3.8, 4) is 0 Å². The Morgan fingerprint density at radius 3 is 2.00 bits per heavy atom. The lowest BCUT2D eigenvalue weighted by atomic mass is 10.2. The number of hydrogen-bond donors (Lipinski definition) is 2. The zero-order valence-corrected chi connectivity index (χ0v) is 12.6. The molecule has 1 rings (SSSR count). The fourth-order valence-electron chi connectivity index (χ4n) is 2.32. The van der Waals surface area contributed by atoms with Crippen LogP contribution in [0.3, 0.4) is 0 Å². The van der Waals surface area contributed by atoms with Crippen molar-refractivity contribution in [2.75, 3.05) is 39.3 Å². The van der Waals surface area contributed by atoms with Crippen LogP contribution in [0.25, 0.3) is 0 Å². The van der Waals surface area contributed by atoms with Crippen LogP contribution in [0.2, 0.25) is 0 Å². The second-order valence-corrected chi connectivity index (χ2v) is 4.97. The van der Waals surface area contributed by atoms with E-state index in [0.29, 0.717) is 39.3 Å². The van der Waals surface area contributed by atoms with Gasteiger partial charge in [-0.2, -0.15) is 0 Å². The lowest BCUT2D eigenvalue weighted by Crippen LogP contribution is -2.56. The molecule has 0 spiro atoms. The van der Waals surface area contributed by atoms with Gasteiger partial charge in [-0.25, -0.2) is 4.79 Å². The van der Waals surface area contributed by atoms with Crippen LogP contribution in [-0.2, 0) is 9.59 Å². The van der Waals surface area contributed by atoms with Crippen molar-refractivity contribution in [2.24, 2.45) is 5.73 Å². The van der Waals surface area contributed by atoms with Gasteiger partial charge in [0.2, 0.25) is 5.91 Å². The lowest BCUT2D eigenvalue weighted by molar-refractivity contribution is -0.142. The van der Waals surface area contributed by atoms with E-state index in [-0.39, 0.29) is 18.4 Å². The van der Waals surface area contributed by atoms with Crippen LogP contribution in [0.15, 0.2) is 0 Å². The Kier molecular flexibility index (Phi) is 6.41. The molecule has 1 atom stereocenters. The number of piperazine rings is 1. The molecular formula is C13H24N4O4. The zero-order valence-electron chi connectivity index (χ0n) is 12.6. The quantitative estimate of drug-likeness (QED) is 0.704. The number of carboxylic acids is 1. The summed E-state index contributed by atoms with van der Waals surface area (Å²) in [6.07, 6.45) is -0.378. The molecule has 0 aromatic carbocycles. The Hall–Kier alpha value is -1.83. The summed E-state index contributed by atoms with van der Waals surface area (Å²) >= 11 is 0. The first-order valence-electron chi connectivity index (χ1n) is 7.20. The third-order valence-corrected chi connectivity index (χ3v) is 3.61. The number of carbonyl (C=O) groups is 3. The van der Waals surface area contributed by atoms with E-state index >= 15 is 0 Å². The topological polar surface area (TPSA) is 107 Å². The number of nitrogens with two attached hydrogens (primary N) is 1. The van der Waals surface area contributed by atoms with Gasteiger partial charge < -0.3 is 25.5 Å². The molecule has 0 radical (unpaired) electrons. The smallest absolute Gasteiger partial charge is 0.320 e. The van der Waals surface area contributed by atoms with Gasteiger partial charge in [-0.05, 0) is 13.8 Å². The molecule has 0 aromatic heterocycles. The molecule has 1 aliphatic rings. The number of nitrogens with zero attached hydrogens (tertiary/aromatic N) is 3. The Bertz CT molecular complexity index is 390. The van der Waals surface area contributed by atoms with Crippen LogP contribution in [0.4, 0.5) is 4.79 Å². The van der Waals surface area contributed by atoms with Gasteiger partial charge in [0, 0.05) is 39.3 Å². The average molecular weight is 300 g/mol. The molecule has 21 heavy (non-hydrogen) atoms. The van der Waals surface area contributed by atoms with Crippen molar-refractivity contribution < 1.29 is 19.5 Å². The van der Waals surface area contributed by atoms with E-state index in [2.05, 4.69) is 0 Å². The summed E-state index contributed by atoms with van der Waals surface area (Å²) in [6, 6.07) is -1.05. The molecule has 120 valence electrons. The van der Waals surface area contributed by atoms with E-state index in [0.717, 1.165) is 0 Å². The molecule has 0 bridgehead atoms. The number of hydrogen-bond acceptors (Lipinski definition) is 4.